The van der Waals surface area contributed by atoms with Crippen molar-refractivity contribution >= 4 is 23.3 Å². The van der Waals surface area contributed by atoms with Crippen LogP contribution in [-0.2, 0) is 22.4 Å². The lowest BCUT2D eigenvalue weighted by atomic mass is 9.97. The summed E-state index contributed by atoms with van der Waals surface area (Å²) in [6.45, 7) is 2.03. The van der Waals surface area contributed by atoms with Crippen molar-refractivity contribution in [3.05, 3.63) is 119 Å². The lowest BCUT2D eigenvalue weighted by Crippen LogP contribution is -2.29. The summed E-state index contributed by atoms with van der Waals surface area (Å²) in [4.78, 5) is 51.0. The molecule has 5 rings (SSSR count). The number of hydrogen-bond donors (Lipinski definition) is 0. The summed E-state index contributed by atoms with van der Waals surface area (Å²) >= 11 is 0. The fourth-order valence-corrected chi connectivity index (χ4v) is 4.09. The van der Waals surface area contributed by atoms with Crippen LogP contribution in [0.4, 0.5) is 5.69 Å². The van der Waals surface area contributed by atoms with Crippen LogP contribution in [0, 0.1) is 6.92 Å². The average molecular weight is 475 g/mol. The van der Waals surface area contributed by atoms with Crippen molar-refractivity contribution in [2.24, 2.45) is 0 Å². The molecule has 0 unspecified atom stereocenters. The summed E-state index contributed by atoms with van der Waals surface area (Å²) < 4.78 is 0. The minimum atomic E-state index is -0.388. The number of carbonyl (C=O) groups excluding carboxylic acids is 3. The van der Waals surface area contributed by atoms with Gasteiger partial charge in [0.1, 0.15) is 5.82 Å². The normalized spacial score (nSPS) is 12.9. The molecule has 7 heteroatoms. The fraction of sp³-hybridized carbons (Fsp3) is 0.103. The number of carbonyl (C=O) groups is 3. The van der Waals surface area contributed by atoms with E-state index in [9.17, 15) is 14.4 Å². The van der Waals surface area contributed by atoms with Crippen LogP contribution in [0.3, 0.4) is 0 Å². The van der Waals surface area contributed by atoms with E-state index in [1.807, 2.05) is 43.3 Å². The largest absolute Gasteiger partial charge is 0.294 e. The second-order valence-corrected chi connectivity index (χ2v) is 8.53. The highest BCUT2D eigenvalue weighted by Crippen LogP contribution is 2.22. The number of aromatic nitrogens is 3. The van der Waals surface area contributed by atoms with Crippen molar-refractivity contribution in [3.8, 4) is 11.3 Å². The Hall–Kier alpha value is -4.78. The number of benzene rings is 2. The summed E-state index contributed by atoms with van der Waals surface area (Å²) in [6.07, 6.45) is 8.48. The number of rotatable bonds is 7. The minimum absolute atomic E-state index is 0.0524. The maximum Gasteiger partial charge on any atom is 0.258 e. The topological polar surface area (TPSA) is 93.1 Å². The van der Waals surface area contributed by atoms with E-state index in [4.69, 9.17) is 4.98 Å². The average Bonchev–Trinajstić information content (AvgIpc) is 3.24. The van der Waals surface area contributed by atoms with Gasteiger partial charge in [0.15, 0.2) is 5.78 Å². The van der Waals surface area contributed by atoms with Crippen molar-refractivity contribution < 1.29 is 14.4 Å². The molecule has 3 heterocycles. The zero-order chi connectivity index (χ0) is 25.1. The van der Waals surface area contributed by atoms with E-state index in [0.29, 0.717) is 23.5 Å². The van der Waals surface area contributed by atoms with Crippen LogP contribution in [-0.4, -0.2) is 32.5 Å². The number of pyridine rings is 1. The van der Waals surface area contributed by atoms with E-state index in [2.05, 4.69) is 9.97 Å². The zero-order valence-corrected chi connectivity index (χ0v) is 19.6. The highest BCUT2D eigenvalue weighted by molar-refractivity contribution is 6.28. The number of anilines is 1. The first kappa shape index (κ1) is 23.0. The highest BCUT2D eigenvalue weighted by Gasteiger charge is 2.25. The third-order valence-corrected chi connectivity index (χ3v) is 6.05. The van der Waals surface area contributed by atoms with Gasteiger partial charge in [-0.2, -0.15) is 0 Å². The Morgan fingerprint density at radius 1 is 0.917 bits per heavy atom. The lowest BCUT2D eigenvalue weighted by Gasteiger charge is -2.14. The molecule has 0 N–H and O–H groups in total. The van der Waals surface area contributed by atoms with Gasteiger partial charge < -0.3 is 0 Å². The van der Waals surface area contributed by atoms with Gasteiger partial charge in [0, 0.05) is 54.7 Å². The van der Waals surface area contributed by atoms with Crippen LogP contribution in [0.15, 0.2) is 91.4 Å². The van der Waals surface area contributed by atoms with E-state index in [0.717, 1.165) is 32.8 Å². The standard InChI is InChI=1S/C29H22N4O3/c1-19-4-5-20(15-23(19)17-27-31-14-12-25(32-27)22-3-2-13-30-18-22)16-26(34)21-6-8-24(9-7-21)33-28(35)10-11-29(33)36/h2-15,18H,16-17H2,1H3. The lowest BCUT2D eigenvalue weighted by molar-refractivity contribution is -0.119. The predicted molar refractivity (Wildman–Crippen MR) is 135 cm³/mol. The van der Waals surface area contributed by atoms with Crippen LogP contribution in [0.2, 0.25) is 0 Å². The monoisotopic (exact) mass is 474 g/mol. The Labute approximate surface area is 208 Å². The third-order valence-electron chi connectivity index (χ3n) is 6.05. The molecule has 0 fully saturated rings. The van der Waals surface area contributed by atoms with Crippen molar-refractivity contribution in [3.63, 3.8) is 0 Å². The van der Waals surface area contributed by atoms with E-state index < -0.39 is 0 Å². The predicted octanol–water partition coefficient (Wildman–Crippen LogP) is 4.29. The molecule has 36 heavy (non-hydrogen) atoms. The van der Waals surface area contributed by atoms with Gasteiger partial charge in [0.05, 0.1) is 11.4 Å². The molecule has 1 aliphatic heterocycles. The Kier molecular flexibility index (Phi) is 6.28. The fourth-order valence-electron chi connectivity index (χ4n) is 4.09. The molecular weight excluding hydrogens is 452 g/mol. The van der Waals surface area contributed by atoms with Crippen LogP contribution in [0.5, 0.6) is 0 Å². The summed E-state index contributed by atoms with van der Waals surface area (Å²) in [6, 6.07) is 18.2. The van der Waals surface area contributed by atoms with Crippen molar-refractivity contribution in [1.82, 2.24) is 15.0 Å². The van der Waals surface area contributed by atoms with Gasteiger partial charge in [-0.25, -0.2) is 14.9 Å². The van der Waals surface area contributed by atoms with Gasteiger partial charge in [-0.1, -0.05) is 18.2 Å². The number of imide groups is 1. The van der Waals surface area contributed by atoms with E-state index in [1.165, 1.54) is 12.2 Å². The SMILES string of the molecule is Cc1ccc(CC(=O)c2ccc(N3C(=O)C=CC3=O)cc2)cc1Cc1nccc(-c2cccnc2)n1. The van der Waals surface area contributed by atoms with Crippen LogP contribution in [0.25, 0.3) is 11.3 Å². The first-order valence-electron chi connectivity index (χ1n) is 11.5. The molecule has 0 saturated carbocycles. The molecule has 2 aromatic heterocycles. The molecule has 0 saturated heterocycles. The molecule has 1 aliphatic rings. The summed E-state index contributed by atoms with van der Waals surface area (Å²) in [5.41, 5.74) is 5.74. The van der Waals surface area contributed by atoms with Gasteiger partial charge in [-0.05, 0) is 66.1 Å². The number of Topliss-reactive ketones (excluding diaryl/α,β-unsaturated/α-hetero) is 1. The molecule has 2 aromatic carbocycles. The minimum Gasteiger partial charge on any atom is -0.294 e. The Bertz CT molecular complexity index is 1480. The maximum atomic E-state index is 12.9. The molecule has 176 valence electrons. The van der Waals surface area contributed by atoms with Gasteiger partial charge in [-0.15, -0.1) is 0 Å². The Balaban J connectivity index is 1.30. The molecule has 0 aliphatic carbocycles. The number of nitrogens with zero attached hydrogens (tertiary/aromatic N) is 4. The van der Waals surface area contributed by atoms with Crippen molar-refractivity contribution in [2.75, 3.05) is 4.90 Å². The molecule has 0 radical (unpaired) electrons. The number of aryl methyl sites for hydroxylation is 1. The van der Waals surface area contributed by atoms with E-state index >= 15 is 0 Å². The summed E-state index contributed by atoms with van der Waals surface area (Å²) in [7, 11) is 0. The number of ketones is 1. The summed E-state index contributed by atoms with van der Waals surface area (Å²) in [5.74, 6) is -0.134. The molecule has 0 atom stereocenters. The second kappa shape index (κ2) is 9.84. The molecule has 4 aromatic rings. The molecule has 0 bridgehead atoms. The van der Waals surface area contributed by atoms with E-state index in [-0.39, 0.29) is 24.0 Å². The highest BCUT2D eigenvalue weighted by atomic mass is 16.2. The smallest absolute Gasteiger partial charge is 0.258 e. The maximum absolute atomic E-state index is 12.9. The molecular formula is C29H22N4O3. The van der Waals surface area contributed by atoms with E-state index in [1.54, 1.807) is 42.9 Å². The first-order chi connectivity index (χ1) is 17.5. The van der Waals surface area contributed by atoms with Crippen molar-refractivity contribution in [2.45, 2.75) is 19.8 Å². The third kappa shape index (κ3) is 4.86. The molecule has 2 amide bonds. The second-order valence-electron chi connectivity index (χ2n) is 8.53. The number of hydrogen-bond acceptors (Lipinski definition) is 6. The molecule has 7 nitrogen and oxygen atoms in total. The molecule has 0 spiro atoms. The quantitative estimate of drug-likeness (QED) is 0.293. The number of amides is 2. The van der Waals surface area contributed by atoms with Gasteiger partial charge in [0.25, 0.3) is 11.8 Å². The zero-order valence-electron chi connectivity index (χ0n) is 19.6. The van der Waals surface area contributed by atoms with Crippen LogP contribution >= 0.6 is 0 Å². The first-order valence-corrected chi connectivity index (χ1v) is 11.5. The van der Waals surface area contributed by atoms with Crippen molar-refractivity contribution in [1.29, 1.82) is 0 Å². The Morgan fingerprint density at radius 2 is 1.69 bits per heavy atom. The van der Waals surface area contributed by atoms with Crippen LogP contribution in [0.1, 0.15) is 32.9 Å². The van der Waals surface area contributed by atoms with Gasteiger partial charge in [-0.3, -0.25) is 19.4 Å². The summed E-state index contributed by atoms with van der Waals surface area (Å²) in [5, 5.41) is 0. The van der Waals surface area contributed by atoms with Gasteiger partial charge in [0.2, 0.25) is 0 Å². The van der Waals surface area contributed by atoms with Crippen LogP contribution < -0.4 is 4.90 Å². The van der Waals surface area contributed by atoms with Gasteiger partial charge >= 0.3 is 0 Å². The Morgan fingerprint density at radius 3 is 2.42 bits per heavy atom.